The van der Waals surface area contributed by atoms with Crippen molar-refractivity contribution in [2.24, 2.45) is 0 Å². The van der Waals surface area contributed by atoms with Crippen molar-refractivity contribution in [3.05, 3.63) is 0 Å². The average Bonchev–Trinajstić information content (AvgIpc) is 2.13. The van der Waals surface area contributed by atoms with Gasteiger partial charge in [-0.15, -0.1) is 18.0 Å². The van der Waals surface area contributed by atoms with Crippen LogP contribution in [0.25, 0.3) is 0 Å². The molecule has 0 N–H and O–H groups in total. The molecule has 0 aromatic carbocycles. The molecule has 0 unspecified atom stereocenters. The van der Waals surface area contributed by atoms with Crippen LogP contribution in [0.3, 0.4) is 0 Å². The number of esters is 1. The summed E-state index contributed by atoms with van der Waals surface area (Å²) < 4.78 is 5.06. The van der Waals surface area contributed by atoms with Crippen molar-refractivity contribution in [2.75, 3.05) is 19.0 Å². The third-order valence-corrected chi connectivity index (χ3v) is 1.72. The van der Waals surface area contributed by atoms with Crippen molar-refractivity contribution in [3.8, 4) is 12.3 Å². The fourth-order valence-electron chi connectivity index (χ4n) is 0.957. The van der Waals surface area contributed by atoms with E-state index in [1.54, 1.807) is 20.8 Å². The monoisotopic (exact) mass is 245 g/mol. The molecule has 0 heterocycles. The maximum Gasteiger partial charge on any atom is 0.326 e. The first-order valence-corrected chi connectivity index (χ1v) is 5.32. The molecule has 0 spiro atoms. The van der Waals surface area contributed by atoms with Gasteiger partial charge in [-0.3, -0.25) is 9.59 Å². The van der Waals surface area contributed by atoms with Gasteiger partial charge in [0, 0.05) is 0 Å². The first-order chi connectivity index (χ1) is 7.30. The van der Waals surface area contributed by atoms with E-state index in [2.05, 4.69) is 5.92 Å². The highest BCUT2D eigenvalue weighted by atomic mass is 35.5. The number of amides is 1. The summed E-state index contributed by atoms with van der Waals surface area (Å²) in [6.45, 7) is 5.12. The number of alkyl halides is 1. The molecule has 0 saturated heterocycles. The highest BCUT2D eigenvalue weighted by molar-refractivity contribution is 6.27. The van der Waals surface area contributed by atoms with Crippen molar-refractivity contribution >= 4 is 23.5 Å². The number of ether oxygens (including phenoxy) is 1. The fraction of sp³-hybridized carbons (Fsp3) is 0.636. The summed E-state index contributed by atoms with van der Waals surface area (Å²) in [6, 6.07) is 0. The largest absolute Gasteiger partial charge is 0.459 e. The molecule has 4 nitrogen and oxygen atoms in total. The van der Waals surface area contributed by atoms with Gasteiger partial charge in [-0.25, -0.2) is 0 Å². The molecular formula is C11H16ClNO3. The maximum atomic E-state index is 11.4. The molecule has 90 valence electrons. The fourth-order valence-corrected chi connectivity index (χ4v) is 1.13. The number of terminal acetylenes is 1. The van der Waals surface area contributed by atoms with Gasteiger partial charge in [-0.2, -0.15) is 0 Å². The van der Waals surface area contributed by atoms with Gasteiger partial charge in [0.05, 0.1) is 6.54 Å². The van der Waals surface area contributed by atoms with Crippen LogP contribution >= 0.6 is 11.6 Å². The van der Waals surface area contributed by atoms with Crippen LogP contribution in [0.15, 0.2) is 0 Å². The van der Waals surface area contributed by atoms with Gasteiger partial charge in [0.15, 0.2) is 0 Å². The van der Waals surface area contributed by atoms with E-state index < -0.39 is 11.6 Å². The summed E-state index contributed by atoms with van der Waals surface area (Å²) in [5.41, 5.74) is -0.580. The standard InChI is InChI=1S/C11H16ClNO3/c1-5-6-13(9(14)7-12)8-10(15)16-11(2,3)4/h1H,6-8H2,2-4H3. The first kappa shape index (κ1) is 14.8. The van der Waals surface area contributed by atoms with Crippen molar-refractivity contribution < 1.29 is 14.3 Å². The van der Waals surface area contributed by atoms with Crippen molar-refractivity contribution in [2.45, 2.75) is 26.4 Å². The van der Waals surface area contributed by atoms with Crippen LogP contribution in [-0.4, -0.2) is 41.3 Å². The van der Waals surface area contributed by atoms with E-state index in [4.69, 9.17) is 22.8 Å². The molecule has 0 aliphatic rings. The number of rotatable bonds is 4. The lowest BCUT2D eigenvalue weighted by molar-refractivity contribution is -0.158. The van der Waals surface area contributed by atoms with Crippen molar-refractivity contribution in [1.82, 2.24) is 4.90 Å². The second kappa shape index (κ2) is 6.39. The Morgan fingerprint density at radius 1 is 1.44 bits per heavy atom. The molecular weight excluding hydrogens is 230 g/mol. The van der Waals surface area contributed by atoms with Crippen LogP contribution in [0.2, 0.25) is 0 Å². The maximum absolute atomic E-state index is 11.4. The predicted octanol–water partition coefficient (Wildman–Crippen LogP) is 1.03. The molecule has 16 heavy (non-hydrogen) atoms. The molecule has 0 aromatic rings. The molecule has 0 rings (SSSR count). The summed E-state index contributed by atoms with van der Waals surface area (Å²) >= 11 is 5.39. The highest BCUT2D eigenvalue weighted by Crippen LogP contribution is 2.07. The number of hydrogen-bond acceptors (Lipinski definition) is 3. The molecule has 0 atom stereocenters. The molecule has 0 bridgehead atoms. The summed E-state index contributed by atoms with van der Waals surface area (Å²) in [5, 5.41) is 0. The zero-order valence-corrected chi connectivity index (χ0v) is 10.5. The summed E-state index contributed by atoms with van der Waals surface area (Å²) in [7, 11) is 0. The number of nitrogens with zero attached hydrogens (tertiary/aromatic N) is 1. The van der Waals surface area contributed by atoms with Gasteiger partial charge in [0.25, 0.3) is 0 Å². The molecule has 0 aliphatic heterocycles. The Labute approximate surface area is 101 Å². The SMILES string of the molecule is C#CCN(CC(=O)OC(C)(C)C)C(=O)CCl. The normalized spacial score (nSPS) is 10.4. The zero-order chi connectivity index (χ0) is 12.8. The van der Waals surface area contributed by atoms with E-state index in [1.165, 1.54) is 4.90 Å². The number of carbonyl (C=O) groups excluding carboxylic acids is 2. The van der Waals surface area contributed by atoms with Gasteiger partial charge in [-0.1, -0.05) is 5.92 Å². The molecule has 0 aliphatic carbocycles. The molecule has 1 amide bonds. The second-order valence-corrected chi connectivity index (χ2v) is 4.44. The van der Waals surface area contributed by atoms with Crippen LogP contribution in [0.1, 0.15) is 20.8 Å². The van der Waals surface area contributed by atoms with Gasteiger partial charge >= 0.3 is 5.97 Å². The van der Waals surface area contributed by atoms with E-state index in [-0.39, 0.29) is 24.9 Å². The van der Waals surface area contributed by atoms with E-state index >= 15 is 0 Å². The van der Waals surface area contributed by atoms with Gasteiger partial charge in [-0.05, 0) is 20.8 Å². The van der Waals surface area contributed by atoms with Crippen LogP contribution in [-0.2, 0) is 14.3 Å². The van der Waals surface area contributed by atoms with Crippen LogP contribution in [0.5, 0.6) is 0 Å². The Morgan fingerprint density at radius 2 is 2.00 bits per heavy atom. The minimum Gasteiger partial charge on any atom is -0.459 e. The first-order valence-electron chi connectivity index (χ1n) is 4.79. The zero-order valence-electron chi connectivity index (χ0n) is 9.75. The predicted molar refractivity (Wildman–Crippen MR) is 62.0 cm³/mol. The Morgan fingerprint density at radius 3 is 2.38 bits per heavy atom. The van der Waals surface area contributed by atoms with Crippen molar-refractivity contribution in [3.63, 3.8) is 0 Å². The minimum atomic E-state index is -0.580. The lowest BCUT2D eigenvalue weighted by atomic mass is 10.2. The van der Waals surface area contributed by atoms with Crippen molar-refractivity contribution in [1.29, 1.82) is 0 Å². The second-order valence-electron chi connectivity index (χ2n) is 4.17. The van der Waals surface area contributed by atoms with E-state index in [1.807, 2.05) is 0 Å². The summed E-state index contributed by atoms with van der Waals surface area (Å²) in [5.74, 6) is 1.20. The number of carbonyl (C=O) groups is 2. The van der Waals surface area contributed by atoms with Crippen LogP contribution in [0.4, 0.5) is 0 Å². The highest BCUT2D eigenvalue weighted by Gasteiger charge is 2.20. The van der Waals surface area contributed by atoms with Crippen LogP contribution in [0, 0.1) is 12.3 Å². The lowest BCUT2D eigenvalue weighted by Gasteiger charge is -2.23. The average molecular weight is 246 g/mol. The van der Waals surface area contributed by atoms with Gasteiger partial charge in [0.2, 0.25) is 5.91 Å². The number of hydrogen-bond donors (Lipinski definition) is 0. The Kier molecular flexibility index (Phi) is 5.91. The Balaban J connectivity index is 4.36. The number of halogens is 1. The van der Waals surface area contributed by atoms with Crippen LogP contribution < -0.4 is 0 Å². The van der Waals surface area contributed by atoms with E-state index in [0.717, 1.165) is 0 Å². The van der Waals surface area contributed by atoms with Gasteiger partial charge < -0.3 is 9.64 Å². The molecule has 0 radical (unpaired) electrons. The summed E-state index contributed by atoms with van der Waals surface area (Å²) in [6.07, 6.45) is 5.09. The van der Waals surface area contributed by atoms with E-state index in [0.29, 0.717) is 0 Å². The Bertz CT molecular complexity index is 301. The minimum absolute atomic E-state index is 0.0464. The van der Waals surface area contributed by atoms with E-state index in [9.17, 15) is 9.59 Å². The lowest BCUT2D eigenvalue weighted by Crippen LogP contribution is -2.39. The van der Waals surface area contributed by atoms with Gasteiger partial charge in [0.1, 0.15) is 18.0 Å². The topological polar surface area (TPSA) is 46.6 Å². The molecule has 5 heteroatoms. The third-order valence-electron chi connectivity index (χ3n) is 1.49. The smallest absolute Gasteiger partial charge is 0.326 e. The molecule has 0 saturated carbocycles. The summed E-state index contributed by atoms with van der Waals surface area (Å²) in [4.78, 5) is 23.9. The molecule has 0 aromatic heterocycles. The third kappa shape index (κ3) is 6.31. The molecule has 0 fully saturated rings. The quantitative estimate of drug-likeness (QED) is 0.422. The Hall–Kier alpha value is -1.21.